The molecule has 0 amide bonds. The lowest BCUT2D eigenvalue weighted by atomic mass is 9.83. The Hall–Kier alpha value is -6.24. The second-order valence-corrected chi connectivity index (χ2v) is 13.9. The fourth-order valence-corrected chi connectivity index (χ4v) is 9.72. The second-order valence-electron chi connectivity index (χ2n) is 13.9. The Bertz CT molecular complexity index is 3150. The molecule has 0 spiro atoms. The minimum Gasteiger partial charge on any atom is -0.0622 e. The van der Waals surface area contributed by atoms with Gasteiger partial charge in [-0.2, -0.15) is 0 Å². The Kier molecular flexibility index (Phi) is 4.85. The molecule has 0 saturated carbocycles. The molecule has 0 N–H and O–H groups in total. The van der Waals surface area contributed by atoms with Gasteiger partial charge in [0.25, 0.3) is 0 Å². The van der Waals surface area contributed by atoms with Gasteiger partial charge in [-0.25, -0.2) is 0 Å². The van der Waals surface area contributed by atoms with E-state index in [1.54, 1.807) is 0 Å². The third-order valence-corrected chi connectivity index (χ3v) is 11.5. The molecule has 0 aromatic heterocycles. The predicted octanol–water partition coefficient (Wildman–Crippen LogP) is 13.5. The van der Waals surface area contributed by atoms with E-state index in [2.05, 4.69) is 158 Å². The normalized spacial score (nSPS) is 12.8. The summed E-state index contributed by atoms with van der Waals surface area (Å²) >= 11 is 0. The molecule has 0 nitrogen and oxygen atoms in total. The highest BCUT2D eigenvalue weighted by Gasteiger charge is 2.29. The first-order valence-electron chi connectivity index (χ1n) is 17.3. The Labute approximate surface area is 283 Å². The molecule has 0 fully saturated rings. The van der Waals surface area contributed by atoms with E-state index in [9.17, 15) is 0 Å². The van der Waals surface area contributed by atoms with Crippen LogP contribution >= 0.6 is 0 Å². The average Bonchev–Trinajstić information content (AvgIpc) is 3.81. The van der Waals surface area contributed by atoms with E-state index < -0.39 is 0 Å². The van der Waals surface area contributed by atoms with Crippen molar-refractivity contribution in [3.63, 3.8) is 0 Å². The van der Waals surface area contributed by atoms with Gasteiger partial charge >= 0.3 is 0 Å². The van der Waals surface area contributed by atoms with Crippen molar-refractivity contribution >= 4 is 75.4 Å². The van der Waals surface area contributed by atoms with Crippen molar-refractivity contribution in [3.8, 4) is 33.4 Å². The molecule has 224 valence electrons. The van der Waals surface area contributed by atoms with Crippen LogP contribution in [0.15, 0.2) is 158 Å². The van der Waals surface area contributed by atoms with E-state index in [1.807, 2.05) is 0 Å². The minimum absolute atomic E-state index is 0.974. The largest absolute Gasteiger partial charge is 0.0622 e. The van der Waals surface area contributed by atoms with E-state index in [1.165, 1.54) is 120 Å². The van der Waals surface area contributed by atoms with Crippen LogP contribution in [0.2, 0.25) is 0 Å². The van der Waals surface area contributed by atoms with Crippen LogP contribution in [0.1, 0.15) is 11.1 Å². The molecule has 0 heteroatoms. The summed E-state index contributed by atoms with van der Waals surface area (Å²) in [6.45, 7) is 0. The van der Waals surface area contributed by atoms with Crippen molar-refractivity contribution in [1.82, 2.24) is 0 Å². The summed E-state index contributed by atoms with van der Waals surface area (Å²) in [4.78, 5) is 0. The van der Waals surface area contributed by atoms with Gasteiger partial charge in [-0.3, -0.25) is 0 Å². The van der Waals surface area contributed by atoms with Crippen LogP contribution < -0.4 is 0 Å². The molecule has 49 heavy (non-hydrogen) atoms. The smallest absolute Gasteiger partial charge is 0.000708 e. The van der Waals surface area contributed by atoms with Crippen molar-refractivity contribution in [2.75, 3.05) is 0 Å². The van der Waals surface area contributed by atoms with Crippen molar-refractivity contribution in [2.24, 2.45) is 0 Å². The quantitative estimate of drug-likeness (QED) is 0.170. The van der Waals surface area contributed by atoms with Gasteiger partial charge in [0.2, 0.25) is 0 Å². The highest BCUT2D eigenvalue weighted by Crippen LogP contribution is 2.56. The number of hydrogen-bond acceptors (Lipinski definition) is 0. The lowest BCUT2D eigenvalue weighted by molar-refractivity contribution is 1.27. The molecule has 0 saturated heterocycles. The van der Waals surface area contributed by atoms with E-state index in [-0.39, 0.29) is 0 Å². The third-order valence-electron chi connectivity index (χ3n) is 11.5. The molecule has 12 rings (SSSR count). The Balaban J connectivity index is 1.42. The van der Waals surface area contributed by atoms with Crippen LogP contribution in [0.5, 0.6) is 0 Å². The van der Waals surface area contributed by atoms with Crippen LogP contribution in [0.25, 0.3) is 109 Å². The average molecular weight is 617 g/mol. The monoisotopic (exact) mass is 616 g/mol. The van der Waals surface area contributed by atoms with Crippen molar-refractivity contribution in [2.45, 2.75) is 6.42 Å². The van der Waals surface area contributed by atoms with Gasteiger partial charge in [-0.05, 0) is 138 Å². The third kappa shape index (κ3) is 3.19. The number of rotatable bonds is 2. The van der Waals surface area contributed by atoms with Gasteiger partial charge in [0.05, 0.1) is 0 Å². The molecule has 0 unspecified atom stereocenters. The van der Waals surface area contributed by atoms with Crippen LogP contribution in [0.3, 0.4) is 0 Å². The summed E-state index contributed by atoms with van der Waals surface area (Å²) in [7, 11) is 0. The maximum Gasteiger partial charge on any atom is -0.000708 e. The van der Waals surface area contributed by atoms with Crippen molar-refractivity contribution in [1.29, 1.82) is 0 Å². The molecule has 0 atom stereocenters. The fraction of sp³-hybridized carbons (Fsp3) is 0.0204. The SMILES string of the molecule is c1ccc(-c2c3cc4c5ccccc5c5cccc(c3c(-c3ccccc3)c3c6cc7c(c8cccc(c23)c86)-c2ccccc2C7)c54)cc1. The lowest BCUT2D eigenvalue weighted by Gasteiger charge is -2.19. The standard InChI is InChI=1S/C49H28/c1-3-13-28(14-4-1)43-41-27-39-34-20-10-9-19-33(34)35-21-11-23-37(45(35)39)47(41)44(29-15-5-2-6-16-29)49-40-26-31-25-30-17-7-8-18-32(30)42(31)36-22-12-24-38(46(36)40)48(43)49/h1-24,26-27H,25H2. The fourth-order valence-electron chi connectivity index (χ4n) is 9.72. The second kappa shape index (κ2) is 9.22. The molecule has 1 aliphatic carbocycles. The number of hydrogen-bond donors (Lipinski definition) is 0. The zero-order chi connectivity index (χ0) is 31.8. The minimum atomic E-state index is 0.974. The van der Waals surface area contributed by atoms with E-state index in [0.717, 1.165) is 6.42 Å². The topological polar surface area (TPSA) is 0 Å². The first kappa shape index (κ1) is 25.8. The first-order chi connectivity index (χ1) is 24.3. The highest BCUT2D eigenvalue weighted by atomic mass is 14.3. The van der Waals surface area contributed by atoms with Crippen molar-refractivity contribution < 1.29 is 0 Å². The molecule has 11 aromatic carbocycles. The summed E-state index contributed by atoms with van der Waals surface area (Å²) in [6.07, 6.45) is 0.974. The van der Waals surface area contributed by atoms with Gasteiger partial charge < -0.3 is 0 Å². The molecule has 11 aromatic rings. The van der Waals surface area contributed by atoms with Crippen molar-refractivity contribution in [3.05, 3.63) is 169 Å². The number of benzene rings is 9. The van der Waals surface area contributed by atoms with E-state index in [0.29, 0.717) is 0 Å². The molecule has 0 aliphatic heterocycles. The van der Waals surface area contributed by atoms with E-state index >= 15 is 0 Å². The van der Waals surface area contributed by atoms with Crippen LogP contribution in [-0.2, 0) is 6.42 Å². The number of fused-ring (bicyclic) bond motifs is 12. The maximum atomic E-state index is 2.55. The van der Waals surface area contributed by atoms with Crippen LogP contribution in [0, 0.1) is 0 Å². The van der Waals surface area contributed by atoms with Gasteiger partial charge in [0.15, 0.2) is 0 Å². The van der Waals surface area contributed by atoms with Gasteiger partial charge in [-0.1, -0.05) is 146 Å². The first-order valence-corrected chi connectivity index (χ1v) is 17.3. The summed E-state index contributed by atoms with van der Waals surface area (Å²) in [5.41, 5.74) is 10.9. The zero-order valence-corrected chi connectivity index (χ0v) is 26.7. The molecule has 0 bridgehead atoms. The lowest BCUT2D eigenvalue weighted by Crippen LogP contribution is -1.91. The molecule has 1 aliphatic rings. The summed E-state index contributed by atoms with van der Waals surface area (Å²) in [6, 6.07) is 59.4. The molecular formula is C49H28. The zero-order valence-electron chi connectivity index (χ0n) is 26.7. The molecule has 0 radical (unpaired) electrons. The summed E-state index contributed by atoms with van der Waals surface area (Å²) in [5.74, 6) is 0. The highest BCUT2D eigenvalue weighted by molar-refractivity contribution is 6.45. The maximum absolute atomic E-state index is 2.55. The Morgan fingerprint density at radius 1 is 0.265 bits per heavy atom. The summed E-state index contributed by atoms with van der Waals surface area (Å²) < 4.78 is 0. The molecule has 0 heterocycles. The molecular weight excluding hydrogens is 589 g/mol. The Morgan fingerprint density at radius 2 is 0.816 bits per heavy atom. The van der Waals surface area contributed by atoms with Crippen LogP contribution in [-0.4, -0.2) is 0 Å². The summed E-state index contributed by atoms with van der Waals surface area (Å²) in [5, 5.41) is 18.9. The van der Waals surface area contributed by atoms with Crippen LogP contribution in [0.4, 0.5) is 0 Å². The van der Waals surface area contributed by atoms with Gasteiger partial charge in [-0.15, -0.1) is 0 Å². The van der Waals surface area contributed by atoms with Gasteiger partial charge in [0.1, 0.15) is 0 Å². The van der Waals surface area contributed by atoms with Gasteiger partial charge in [0, 0.05) is 0 Å². The van der Waals surface area contributed by atoms with E-state index in [4.69, 9.17) is 0 Å². The Morgan fingerprint density at radius 3 is 1.59 bits per heavy atom. The predicted molar refractivity (Wildman–Crippen MR) is 210 cm³/mol.